The van der Waals surface area contributed by atoms with E-state index in [9.17, 15) is 0 Å². The summed E-state index contributed by atoms with van der Waals surface area (Å²) in [7, 11) is -2.20. The van der Waals surface area contributed by atoms with E-state index in [4.69, 9.17) is 8.85 Å². The summed E-state index contributed by atoms with van der Waals surface area (Å²) < 4.78 is 11.7. The van der Waals surface area contributed by atoms with Crippen molar-refractivity contribution in [1.82, 2.24) is 0 Å². The highest BCUT2D eigenvalue weighted by Crippen LogP contribution is 2.26. The van der Waals surface area contributed by atoms with Crippen molar-refractivity contribution in [3.63, 3.8) is 0 Å². The summed E-state index contributed by atoms with van der Waals surface area (Å²) in [5, 5.41) is 0. The molecule has 1 rings (SSSR count). The van der Waals surface area contributed by atoms with Gasteiger partial charge in [0.1, 0.15) is 5.75 Å². The van der Waals surface area contributed by atoms with Gasteiger partial charge in [0.05, 0.1) is 0 Å². The third-order valence-electron chi connectivity index (χ3n) is 2.20. The minimum Gasteiger partial charge on any atom is -0.513 e. The molecule has 1 aromatic carbocycles. The maximum atomic E-state index is 5.98. The molecule has 0 spiro atoms. The van der Waals surface area contributed by atoms with Crippen LogP contribution in [0.25, 0.3) is 0 Å². The molecule has 0 aliphatic carbocycles. The number of benzene rings is 1. The summed E-state index contributed by atoms with van der Waals surface area (Å²) in [5.74, 6) is 0.885. The van der Waals surface area contributed by atoms with Gasteiger partial charge >= 0.3 is 7.18 Å². The van der Waals surface area contributed by atoms with Crippen molar-refractivity contribution < 1.29 is 8.85 Å². The first kappa shape index (κ1) is 13.7. The lowest BCUT2D eigenvalue weighted by atomic mass is 10.3. The number of para-hydroxylation sites is 1. The van der Waals surface area contributed by atoms with Crippen LogP contribution in [0.4, 0.5) is 0 Å². The van der Waals surface area contributed by atoms with Gasteiger partial charge in [-0.1, -0.05) is 31.5 Å². The predicted molar refractivity (Wildman–Crippen MR) is 73.1 cm³/mol. The van der Waals surface area contributed by atoms with Crippen LogP contribution in [0.3, 0.4) is 0 Å². The summed E-state index contributed by atoms with van der Waals surface area (Å²) in [5.41, 5.74) is 0. The van der Waals surface area contributed by atoms with Crippen molar-refractivity contribution in [1.29, 1.82) is 0 Å². The minimum absolute atomic E-state index is 0.689. The number of hydrogen-bond acceptors (Lipinski definition) is 2. The number of rotatable bonds is 7. The SMILES string of the molecule is CCCC[Si](Br)(OCC)Oc1ccccc1. The van der Waals surface area contributed by atoms with Gasteiger partial charge in [-0.15, -0.1) is 0 Å². The van der Waals surface area contributed by atoms with Crippen LogP contribution in [0.2, 0.25) is 6.04 Å². The van der Waals surface area contributed by atoms with Gasteiger partial charge in [-0.05, 0) is 40.8 Å². The fourth-order valence-corrected chi connectivity index (χ4v) is 5.51. The molecule has 0 N–H and O–H groups in total. The molecule has 0 amide bonds. The monoisotopic (exact) mass is 302 g/mol. The van der Waals surface area contributed by atoms with Gasteiger partial charge in [0.25, 0.3) is 0 Å². The molecular weight excluding hydrogens is 284 g/mol. The molecule has 0 bridgehead atoms. The summed E-state index contributed by atoms with van der Waals surface area (Å²) in [6.07, 6.45) is 2.29. The smallest absolute Gasteiger partial charge is 0.475 e. The van der Waals surface area contributed by atoms with Crippen molar-refractivity contribution in [2.24, 2.45) is 0 Å². The van der Waals surface area contributed by atoms with Gasteiger partial charge in [0.2, 0.25) is 0 Å². The summed E-state index contributed by atoms with van der Waals surface area (Å²) >= 11 is 3.68. The Morgan fingerprint density at radius 1 is 1.19 bits per heavy atom. The molecule has 16 heavy (non-hydrogen) atoms. The number of unbranched alkanes of at least 4 members (excludes halogenated alkanes) is 1. The average Bonchev–Trinajstić information content (AvgIpc) is 2.28. The molecule has 0 radical (unpaired) electrons. The van der Waals surface area contributed by atoms with Crippen LogP contribution in [-0.4, -0.2) is 13.8 Å². The largest absolute Gasteiger partial charge is 0.513 e. The molecule has 0 saturated heterocycles. The zero-order valence-electron chi connectivity index (χ0n) is 9.91. The normalized spacial score (nSPS) is 14.4. The summed E-state index contributed by atoms with van der Waals surface area (Å²) in [4.78, 5) is 0. The second-order valence-electron chi connectivity index (χ2n) is 3.61. The highest BCUT2D eigenvalue weighted by atomic mass is 79.9. The Kier molecular flexibility index (Phi) is 6.09. The van der Waals surface area contributed by atoms with E-state index < -0.39 is 7.18 Å². The molecule has 0 aromatic heterocycles. The fraction of sp³-hybridized carbons (Fsp3) is 0.500. The first-order chi connectivity index (χ1) is 7.70. The molecule has 0 aliphatic heterocycles. The third-order valence-corrected chi connectivity index (χ3v) is 6.78. The van der Waals surface area contributed by atoms with Crippen LogP contribution in [0.1, 0.15) is 26.7 Å². The van der Waals surface area contributed by atoms with E-state index >= 15 is 0 Å². The summed E-state index contributed by atoms with van der Waals surface area (Å²) in [6, 6.07) is 10.8. The Morgan fingerprint density at radius 2 is 1.88 bits per heavy atom. The first-order valence-electron chi connectivity index (χ1n) is 5.77. The third kappa shape index (κ3) is 4.68. The second-order valence-corrected chi connectivity index (χ2v) is 9.55. The zero-order valence-corrected chi connectivity index (χ0v) is 12.5. The van der Waals surface area contributed by atoms with Crippen molar-refractivity contribution in [3.05, 3.63) is 30.3 Å². The molecule has 1 aromatic rings. The number of hydrogen-bond donors (Lipinski definition) is 0. The van der Waals surface area contributed by atoms with E-state index in [1.807, 2.05) is 37.3 Å². The second kappa shape index (κ2) is 7.09. The fourth-order valence-electron chi connectivity index (χ4n) is 1.42. The van der Waals surface area contributed by atoms with Crippen LogP contribution in [-0.2, 0) is 4.43 Å². The molecule has 0 heterocycles. The maximum Gasteiger partial charge on any atom is 0.475 e. The molecule has 0 fully saturated rings. The van der Waals surface area contributed by atoms with Crippen LogP contribution in [0, 0.1) is 0 Å². The molecule has 0 saturated carbocycles. The van der Waals surface area contributed by atoms with Gasteiger partial charge in [-0.2, -0.15) is 0 Å². The molecule has 90 valence electrons. The Morgan fingerprint density at radius 3 is 2.44 bits per heavy atom. The topological polar surface area (TPSA) is 18.5 Å². The Labute approximate surface area is 107 Å². The van der Waals surface area contributed by atoms with Crippen molar-refractivity contribution >= 4 is 22.5 Å². The highest BCUT2D eigenvalue weighted by molar-refractivity contribution is 9.25. The molecule has 1 unspecified atom stereocenters. The van der Waals surface area contributed by atoms with E-state index in [1.54, 1.807) is 0 Å². The highest BCUT2D eigenvalue weighted by Gasteiger charge is 2.35. The van der Waals surface area contributed by atoms with E-state index in [-0.39, 0.29) is 0 Å². The van der Waals surface area contributed by atoms with Crippen LogP contribution in [0.15, 0.2) is 30.3 Å². The molecular formula is C12H19BrO2Si. The maximum absolute atomic E-state index is 5.98. The lowest BCUT2D eigenvalue weighted by Gasteiger charge is -2.24. The molecule has 1 atom stereocenters. The van der Waals surface area contributed by atoms with Crippen molar-refractivity contribution in [2.75, 3.05) is 6.61 Å². The average molecular weight is 303 g/mol. The van der Waals surface area contributed by atoms with E-state index in [1.165, 1.54) is 0 Å². The Hall–Kier alpha value is -0.323. The van der Waals surface area contributed by atoms with Gasteiger partial charge in [0.15, 0.2) is 0 Å². The van der Waals surface area contributed by atoms with Crippen molar-refractivity contribution in [2.45, 2.75) is 32.7 Å². The van der Waals surface area contributed by atoms with Gasteiger partial charge < -0.3 is 8.85 Å². The van der Waals surface area contributed by atoms with Crippen LogP contribution in [0.5, 0.6) is 5.75 Å². The van der Waals surface area contributed by atoms with E-state index in [0.29, 0.717) is 6.61 Å². The lowest BCUT2D eigenvalue weighted by Crippen LogP contribution is -2.38. The number of halogens is 1. The molecule has 0 aliphatic rings. The molecule has 4 heteroatoms. The standard InChI is InChI=1S/C12H19BrO2Si/c1-3-5-11-16(13,14-4-2)15-12-9-7-6-8-10-12/h6-10H,3-5,11H2,1-2H3. The summed E-state index contributed by atoms with van der Waals surface area (Å²) in [6.45, 7) is 4.87. The lowest BCUT2D eigenvalue weighted by molar-refractivity contribution is 0.273. The van der Waals surface area contributed by atoms with E-state index in [0.717, 1.165) is 24.6 Å². The van der Waals surface area contributed by atoms with Gasteiger partial charge in [-0.25, -0.2) is 0 Å². The molecule has 2 nitrogen and oxygen atoms in total. The minimum atomic E-state index is -2.20. The zero-order chi connectivity index (χ0) is 11.9. The van der Waals surface area contributed by atoms with Crippen LogP contribution >= 0.6 is 15.3 Å². The first-order valence-corrected chi connectivity index (χ1v) is 10.0. The quantitative estimate of drug-likeness (QED) is 0.554. The van der Waals surface area contributed by atoms with Gasteiger partial charge in [0, 0.05) is 12.7 Å². The predicted octanol–water partition coefficient (Wildman–Crippen LogP) is 4.24. The van der Waals surface area contributed by atoms with Gasteiger partial charge in [-0.3, -0.25) is 0 Å². The Balaban J connectivity index is 2.62. The van der Waals surface area contributed by atoms with E-state index in [2.05, 4.69) is 22.2 Å². The van der Waals surface area contributed by atoms with Crippen LogP contribution < -0.4 is 4.43 Å². The Bertz CT molecular complexity index is 294. The van der Waals surface area contributed by atoms with Crippen molar-refractivity contribution in [3.8, 4) is 5.75 Å².